The van der Waals surface area contributed by atoms with Crippen LogP contribution in [0.2, 0.25) is 0 Å². The lowest BCUT2D eigenvalue weighted by Crippen LogP contribution is -2.36. The van der Waals surface area contributed by atoms with Gasteiger partial charge in [-0.25, -0.2) is 9.98 Å². The van der Waals surface area contributed by atoms with Crippen LogP contribution < -0.4 is 10.6 Å². The van der Waals surface area contributed by atoms with Crippen LogP contribution in [0.25, 0.3) is 10.8 Å². The Balaban J connectivity index is 1.74. The lowest BCUT2D eigenvalue weighted by molar-refractivity contribution is 0.819. The first-order chi connectivity index (χ1) is 12.2. The molecule has 1 aromatic heterocycles. The van der Waals surface area contributed by atoms with Gasteiger partial charge >= 0.3 is 0 Å². The molecule has 4 nitrogen and oxygen atoms in total. The second kappa shape index (κ2) is 8.12. The molecule has 1 heterocycles. The number of rotatable bonds is 5. The normalized spacial score (nSPS) is 11.7. The summed E-state index contributed by atoms with van der Waals surface area (Å²) in [6.45, 7) is 8.41. The molecule has 0 bridgehead atoms. The second-order valence-corrected chi connectivity index (χ2v) is 7.22. The van der Waals surface area contributed by atoms with Crippen LogP contribution in [0, 0.1) is 13.8 Å². The predicted molar refractivity (Wildman–Crippen MR) is 107 cm³/mol. The largest absolute Gasteiger partial charge is 0.357 e. The fourth-order valence-electron chi connectivity index (χ4n) is 2.84. The Morgan fingerprint density at radius 2 is 1.88 bits per heavy atom. The molecule has 0 aliphatic rings. The maximum absolute atomic E-state index is 4.76. The van der Waals surface area contributed by atoms with Gasteiger partial charge in [0, 0.05) is 11.4 Å². The van der Waals surface area contributed by atoms with Gasteiger partial charge in [0.25, 0.3) is 0 Å². The van der Waals surface area contributed by atoms with Crippen LogP contribution in [0.5, 0.6) is 0 Å². The van der Waals surface area contributed by atoms with Crippen LogP contribution in [-0.4, -0.2) is 17.5 Å². The van der Waals surface area contributed by atoms with Crippen molar-refractivity contribution in [3.63, 3.8) is 0 Å². The highest BCUT2D eigenvalue weighted by atomic mass is 32.1. The SMILES string of the molecule is CCNC(=NCc1cccc2ccccc12)NCc1sc(C)nc1C. The highest BCUT2D eigenvalue weighted by Gasteiger charge is 2.06. The van der Waals surface area contributed by atoms with Crippen LogP contribution in [-0.2, 0) is 13.1 Å². The number of hydrogen-bond acceptors (Lipinski definition) is 3. The summed E-state index contributed by atoms with van der Waals surface area (Å²) in [5.41, 5.74) is 2.33. The number of nitrogens with zero attached hydrogens (tertiary/aromatic N) is 2. The van der Waals surface area contributed by atoms with Crippen LogP contribution in [0.15, 0.2) is 47.5 Å². The molecule has 0 amide bonds. The Morgan fingerprint density at radius 1 is 1.08 bits per heavy atom. The molecule has 0 unspecified atom stereocenters. The Hall–Kier alpha value is -2.40. The van der Waals surface area contributed by atoms with Gasteiger partial charge < -0.3 is 10.6 Å². The number of aryl methyl sites for hydroxylation is 2. The lowest BCUT2D eigenvalue weighted by atomic mass is 10.1. The zero-order valence-electron chi connectivity index (χ0n) is 15.0. The van der Waals surface area contributed by atoms with Crippen molar-refractivity contribution in [2.45, 2.75) is 33.9 Å². The molecule has 0 saturated carbocycles. The third-order valence-electron chi connectivity index (χ3n) is 4.05. The zero-order valence-corrected chi connectivity index (χ0v) is 15.8. The van der Waals surface area contributed by atoms with Crippen molar-refractivity contribution < 1.29 is 0 Å². The van der Waals surface area contributed by atoms with Gasteiger partial charge in [-0.05, 0) is 37.1 Å². The van der Waals surface area contributed by atoms with E-state index in [0.717, 1.165) is 29.8 Å². The van der Waals surface area contributed by atoms with Crippen LogP contribution >= 0.6 is 11.3 Å². The highest BCUT2D eigenvalue weighted by Crippen LogP contribution is 2.19. The molecular formula is C20H24N4S. The van der Waals surface area contributed by atoms with E-state index in [1.54, 1.807) is 11.3 Å². The molecule has 5 heteroatoms. The molecule has 3 rings (SSSR count). The monoisotopic (exact) mass is 352 g/mol. The first kappa shape index (κ1) is 17.4. The molecule has 0 atom stereocenters. The molecule has 0 saturated heterocycles. The second-order valence-electron chi connectivity index (χ2n) is 5.93. The summed E-state index contributed by atoms with van der Waals surface area (Å²) in [6.07, 6.45) is 0. The molecule has 0 fully saturated rings. The summed E-state index contributed by atoms with van der Waals surface area (Å²) in [5.74, 6) is 0.834. The minimum Gasteiger partial charge on any atom is -0.357 e. The van der Waals surface area contributed by atoms with Crippen molar-refractivity contribution in [3.8, 4) is 0 Å². The summed E-state index contributed by atoms with van der Waals surface area (Å²) in [4.78, 5) is 10.5. The summed E-state index contributed by atoms with van der Waals surface area (Å²) < 4.78 is 0. The Labute approximate surface area is 153 Å². The van der Waals surface area contributed by atoms with Gasteiger partial charge in [-0.3, -0.25) is 0 Å². The first-order valence-electron chi connectivity index (χ1n) is 8.59. The molecule has 3 aromatic rings. The van der Waals surface area contributed by atoms with Crippen molar-refractivity contribution in [2.75, 3.05) is 6.54 Å². The Kier molecular flexibility index (Phi) is 5.66. The van der Waals surface area contributed by atoms with Gasteiger partial charge in [-0.1, -0.05) is 42.5 Å². The smallest absolute Gasteiger partial charge is 0.191 e. The topological polar surface area (TPSA) is 49.3 Å². The van der Waals surface area contributed by atoms with E-state index in [0.29, 0.717) is 6.54 Å². The fourth-order valence-corrected chi connectivity index (χ4v) is 3.71. The van der Waals surface area contributed by atoms with E-state index in [4.69, 9.17) is 4.99 Å². The van der Waals surface area contributed by atoms with Crippen molar-refractivity contribution in [3.05, 3.63) is 63.6 Å². The van der Waals surface area contributed by atoms with E-state index in [-0.39, 0.29) is 0 Å². The minimum absolute atomic E-state index is 0.650. The molecule has 0 spiro atoms. The van der Waals surface area contributed by atoms with E-state index in [1.165, 1.54) is 21.2 Å². The number of guanidine groups is 1. The van der Waals surface area contributed by atoms with Gasteiger partial charge in [-0.15, -0.1) is 11.3 Å². The zero-order chi connectivity index (χ0) is 17.6. The summed E-state index contributed by atoms with van der Waals surface area (Å²) in [6, 6.07) is 14.8. The van der Waals surface area contributed by atoms with E-state index in [1.807, 2.05) is 6.92 Å². The van der Waals surface area contributed by atoms with E-state index in [9.17, 15) is 0 Å². The summed E-state index contributed by atoms with van der Waals surface area (Å²) in [5, 5.41) is 10.4. The quantitative estimate of drug-likeness (QED) is 0.535. The van der Waals surface area contributed by atoms with Crippen LogP contribution in [0.4, 0.5) is 0 Å². The van der Waals surface area contributed by atoms with E-state index < -0.39 is 0 Å². The standard InChI is InChI=1S/C20H24N4S/c1-4-21-20(23-13-19-14(2)24-15(3)25-19)22-12-17-10-7-9-16-8-5-6-11-18(16)17/h5-11H,4,12-13H2,1-3H3,(H2,21,22,23). The molecule has 25 heavy (non-hydrogen) atoms. The van der Waals surface area contributed by atoms with Gasteiger partial charge in [0.15, 0.2) is 5.96 Å². The molecule has 130 valence electrons. The number of hydrogen-bond donors (Lipinski definition) is 2. The average Bonchev–Trinajstić information content (AvgIpc) is 2.94. The molecular weight excluding hydrogens is 328 g/mol. The molecule has 0 aliphatic carbocycles. The van der Waals surface area contributed by atoms with Crippen LogP contribution in [0.1, 0.15) is 28.1 Å². The molecule has 2 N–H and O–H groups in total. The van der Waals surface area contributed by atoms with E-state index in [2.05, 4.69) is 71.9 Å². The van der Waals surface area contributed by atoms with E-state index >= 15 is 0 Å². The van der Waals surface area contributed by atoms with Crippen molar-refractivity contribution >= 4 is 28.1 Å². The number of benzene rings is 2. The summed E-state index contributed by atoms with van der Waals surface area (Å²) >= 11 is 1.73. The van der Waals surface area contributed by atoms with Gasteiger partial charge in [-0.2, -0.15) is 0 Å². The van der Waals surface area contributed by atoms with Crippen LogP contribution in [0.3, 0.4) is 0 Å². The first-order valence-corrected chi connectivity index (χ1v) is 9.40. The number of aromatic nitrogens is 1. The maximum Gasteiger partial charge on any atom is 0.191 e. The molecule has 0 radical (unpaired) electrons. The summed E-state index contributed by atoms with van der Waals surface area (Å²) in [7, 11) is 0. The molecule has 2 aromatic carbocycles. The average molecular weight is 353 g/mol. The third kappa shape index (κ3) is 4.37. The number of nitrogens with one attached hydrogen (secondary N) is 2. The van der Waals surface area contributed by atoms with Crippen molar-refractivity contribution in [2.24, 2.45) is 4.99 Å². The minimum atomic E-state index is 0.650. The number of thiazole rings is 1. The highest BCUT2D eigenvalue weighted by molar-refractivity contribution is 7.11. The predicted octanol–water partition coefficient (Wildman–Crippen LogP) is 4.17. The fraction of sp³-hybridized carbons (Fsp3) is 0.300. The van der Waals surface area contributed by atoms with Crippen molar-refractivity contribution in [1.82, 2.24) is 15.6 Å². The maximum atomic E-state index is 4.76. The van der Waals surface area contributed by atoms with Gasteiger partial charge in [0.05, 0.1) is 23.8 Å². The van der Waals surface area contributed by atoms with Gasteiger partial charge in [0.2, 0.25) is 0 Å². The lowest BCUT2D eigenvalue weighted by Gasteiger charge is -2.11. The molecule has 0 aliphatic heterocycles. The van der Waals surface area contributed by atoms with Gasteiger partial charge in [0.1, 0.15) is 0 Å². The van der Waals surface area contributed by atoms with Crippen molar-refractivity contribution in [1.29, 1.82) is 0 Å². The third-order valence-corrected chi connectivity index (χ3v) is 5.12. The Morgan fingerprint density at radius 3 is 2.64 bits per heavy atom. The number of fused-ring (bicyclic) bond motifs is 1. The number of aliphatic imine (C=N–C) groups is 1. The Bertz CT molecular complexity index is 877.